The van der Waals surface area contributed by atoms with Crippen LogP contribution in [-0.4, -0.2) is 30.2 Å². The standard InChI is InChI=1S/C18H19NOS/c1-19(12-11-14-7-3-2-4-8-14)13-17-15-9-5-6-10-16(15)18(20)21-17/h2-10,17H,11-13H2,1H3/t17-/m1/s1. The van der Waals surface area contributed by atoms with Crippen LogP contribution in [0, 0.1) is 0 Å². The molecule has 0 radical (unpaired) electrons. The second-order valence-electron chi connectivity index (χ2n) is 5.48. The Morgan fingerprint density at radius 2 is 1.76 bits per heavy atom. The Labute approximate surface area is 130 Å². The van der Waals surface area contributed by atoms with Gasteiger partial charge in [0.25, 0.3) is 0 Å². The number of hydrogen-bond acceptors (Lipinski definition) is 3. The van der Waals surface area contributed by atoms with Crippen molar-refractivity contribution in [1.82, 2.24) is 4.90 Å². The molecule has 108 valence electrons. The summed E-state index contributed by atoms with van der Waals surface area (Å²) in [5.74, 6) is 0. The number of benzene rings is 2. The quantitative estimate of drug-likeness (QED) is 0.837. The first-order valence-corrected chi connectivity index (χ1v) is 8.14. The van der Waals surface area contributed by atoms with Gasteiger partial charge >= 0.3 is 0 Å². The number of likely N-dealkylation sites (N-methyl/N-ethyl adjacent to an activating group) is 1. The van der Waals surface area contributed by atoms with E-state index in [4.69, 9.17) is 0 Å². The van der Waals surface area contributed by atoms with Gasteiger partial charge in [0.2, 0.25) is 5.12 Å². The molecule has 3 heteroatoms. The van der Waals surface area contributed by atoms with E-state index in [9.17, 15) is 4.79 Å². The SMILES string of the molecule is CN(CCc1ccccc1)C[C@H]1SC(=O)c2ccccc21. The molecule has 0 fully saturated rings. The third-order valence-electron chi connectivity index (χ3n) is 3.88. The Morgan fingerprint density at radius 1 is 1.05 bits per heavy atom. The van der Waals surface area contributed by atoms with E-state index < -0.39 is 0 Å². The summed E-state index contributed by atoms with van der Waals surface area (Å²) in [6.07, 6.45) is 1.05. The molecule has 2 nitrogen and oxygen atoms in total. The highest BCUT2D eigenvalue weighted by molar-refractivity contribution is 8.14. The van der Waals surface area contributed by atoms with Crippen LogP contribution >= 0.6 is 11.8 Å². The Bertz CT molecular complexity index is 626. The van der Waals surface area contributed by atoms with Crippen molar-refractivity contribution < 1.29 is 4.79 Å². The summed E-state index contributed by atoms with van der Waals surface area (Å²) < 4.78 is 0. The van der Waals surface area contributed by atoms with Gasteiger partial charge in [-0.2, -0.15) is 0 Å². The van der Waals surface area contributed by atoms with Crippen molar-refractivity contribution in [3.05, 3.63) is 71.3 Å². The molecule has 0 spiro atoms. The lowest BCUT2D eigenvalue weighted by atomic mass is 10.1. The number of rotatable bonds is 5. The minimum absolute atomic E-state index is 0.215. The van der Waals surface area contributed by atoms with E-state index >= 15 is 0 Å². The van der Waals surface area contributed by atoms with E-state index in [0.717, 1.165) is 25.1 Å². The fraction of sp³-hybridized carbons (Fsp3) is 0.278. The minimum Gasteiger partial charge on any atom is -0.305 e. The van der Waals surface area contributed by atoms with Gasteiger partial charge in [0.05, 0.1) is 5.25 Å². The van der Waals surface area contributed by atoms with Gasteiger partial charge in [0, 0.05) is 18.7 Å². The van der Waals surface area contributed by atoms with E-state index in [1.165, 1.54) is 22.9 Å². The second kappa shape index (κ2) is 6.46. The molecular weight excluding hydrogens is 278 g/mol. The van der Waals surface area contributed by atoms with Crippen molar-refractivity contribution in [3.8, 4) is 0 Å². The van der Waals surface area contributed by atoms with Crippen molar-refractivity contribution in [1.29, 1.82) is 0 Å². The number of hydrogen-bond donors (Lipinski definition) is 0. The molecule has 2 aromatic carbocycles. The molecule has 2 aromatic rings. The zero-order valence-electron chi connectivity index (χ0n) is 12.2. The molecule has 0 bridgehead atoms. The molecule has 1 aliphatic heterocycles. The van der Waals surface area contributed by atoms with E-state index in [0.29, 0.717) is 0 Å². The van der Waals surface area contributed by atoms with Crippen molar-refractivity contribution in [2.75, 3.05) is 20.1 Å². The largest absolute Gasteiger partial charge is 0.305 e. The summed E-state index contributed by atoms with van der Waals surface area (Å²) in [5.41, 5.74) is 3.45. The average molecular weight is 297 g/mol. The van der Waals surface area contributed by atoms with E-state index in [2.05, 4.69) is 42.3 Å². The molecule has 0 aliphatic carbocycles. The maximum absolute atomic E-state index is 12.0. The molecule has 21 heavy (non-hydrogen) atoms. The zero-order chi connectivity index (χ0) is 14.7. The summed E-state index contributed by atoms with van der Waals surface area (Å²) in [4.78, 5) is 14.3. The zero-order valence-corrected chi connectivity index (χ0v) is 13.0. The number of carbonyl (C=O) groups is 1. The van der Waals surface area contributed by atoms with Crippen LogP contribution in [0.3, 0.4) is 0 Å². The Balaban J connectivity index is 1.59. The first-order valence-electron chi connectivity index (χ1n) is 7.26. The number of carbonyl (C=O) groups excluding carboxylic acids is 1. The molecule has 1 atom stereocenters. The van der Waals surface area contributed by atoms with Gasteiger partial charge in [-0.1, -0.05) is 66.4 Å². The van der Waals surface area contributed by atoms with Gasteiger partial charge in [-0.3, -0.25) is 4.79 Å². The first-order chi connectivity index (χ1) is 10.2. The van der Waals surface area contributed by atoms with Crippen LogP contribution < -0.4 is 0 Å². The smallest absolute Gasteiger partial charge is 0.220 e. The van der Waals surface area contributed by atoms with Crippen molar-refractivity contribution in [2.45, 2.75) is 11.7 Å². The predicted molar refractivity (Wildman–Crippen MR) is 88.7 cm³/mol. The lowest BCUT2D eigenvalue weighted by molar-refractivity contribution is 0.109. The van der Waals surface area contributed by atoms with Gasteiger partial charge in [-0.05, 0) is 24.6 Å². The normalized spacial score (nSPS) is 17.2. The van der Waals surface area contributed by atoms with Gasteiger partial charge in [0.1, 0.15) is 0 Å². The van der Waals surface area contributed by atoms with Gasteiger partial charge in [-0.15, -0.1) is 0 Å². The molecule has 0 aromatic heterocycles. The maximum Gasteiger partial charge on any atom is 0.220 e. The molecule has 1 heterocycles. The summed E-state index contributed by atoms with van der Waals surface area (Å²) in [5, 5.41) is 0.488. The van der Waals surface area contributed by atoms with Gasteiger partial charge in [-0.25, -0.2) is 0 Å². The monoisotopic (exact) mass is 297 g/mol. The van der Waals surface area contributed by atoms with Crippen LogP contribution in [0.15, 0.2) is 54.6 Å². The van der Waals surface area contributed by atoms with E-state index in [1.807, 2.05) is 24.3 Å². The van der Waals surface area contributed by atoms with Crippen molar-refractivity contribution in [2.24, 2.45) is 0 Å². The molecule has 0 saturated heterocycles. The Hall–Kier alpha value is -1.58. The topological polar surface area (TPSA) is 20.3 Å². The van der Waals surface area contributed by atoms with Crippen molar-refractivity contribution in [3.63, 3.8) is 0 Å². The number of thioether (sulfide) groups is 1. The number of nitrogens with zero attached hydrogens (tertiary/aromatic N) is 1. The second-order valence-corrected chi connectivity index (χ2v) is 6.65. The van der Waals surface area contributed by atoms with Crippen LogP contribution in [0.4, 0.5) is 0 Å². The average Bonchev–Trinajstić information content (AvgIpc) is 2.83. The van der Waals surface area contributed by atoms with Crippen LogP contribution in [0.25, 0.3) is 0 Å². The molecule has 0 N–H and O–H groups in total. The fourth-order valence-electron chi connectivity index (χ4n) is 2.69. The molecule has 3 rings (SSSR count). The Kier molecular flexibility index (Phi) is 4.42. The minimum atomic E-state index is 0.215. The molecule has 0 unspecified atom stereocenters. The van der Waals surface area contributed by atoms with Crippen LogP contribution in [-0.2, 0) is 6.42 Å². The van der Waals surface area contributed by atoms with Crippen LogP contribution in [0.1, 0.15) is 26.7 Å². The van der Waals surface area contributed by atoms with Crippen molar-refractivity contribution >= 4 is 16.9 Å². The first kappa shape index (κ1) is 14.4. The van der Waals surface area contributed by atoms with E-state index in [-0.39, 0.29) is 10.4 Å². The summed E-state index contributed by atoms with van der Waals surface area (Å²) in [7, 11) is 2.13. The summed E-state index contributed by atoms with van der Waals surface area (Å²) in [6.45, 7) is 1.93. The third-order valence-corrected chi connectivity index (χ3v) is 5.00. The Morgan fingerprint density at radius 3 is 2.57 bits per heavy atom. The molecule has 0 saturated carbocycles. The third kappa shape index (κ3) is 3.36. The fourth-order valence-corrected chi connectivity index (χ4v) is 3.93. The van der Waals surface area contributed by atoms with E-state index in [1.54, 1.807) is 0 Å². The summed E-state index contributed by atoms with van der Waals surface area (Å²) >= 11 is 1.46. The predicted octanol–water partition coefficient (Wildman–Crippen LogP) is 3.79. The lowest BCUT2D eigenvalue weighted by Crippen LogP contribution is -2.25. The highest BCUT2D eigenvalue weighted by Gasteiger charge is 2.30. The highest BCUT2D eigenvalue weighted by Crippen LogP contribution is 2.41. The lowest BCUT2D eigenvalue weighted by Gasteiger charge is -2.20. The highest BCUT2D eigenvalue weighted by atomic mass is 32.2. The van der Waals surface area contributed by atoms with Crippen LogP contribution in [0.2, 0.25) is 0 Å². The van der Waals surface area contributed by atoms with Gasteiger partial charge < -0.3 is 4.90 Å². The molecular formula is C18H19NOS. The van der Waals surface area contributed by atoms with Crippen LogP contribution in [0.5, 0.6) is 0 Å². The molecule has 1 aliphatic rings. The summed E-state index contributed by atoms with van der Waals surface area (Å²) in [6, 6.07) is 18.5. The maximum atomic E-state index is 12.0. The van der Waals surface area contributed by atoms with Gasteiger partial charge in [0.15, 0.2) is 0 Å². The molecule has 0 amide bonds. The number of fused-ring (bicyclic) bond motifs is 1.